The van der Waals surface area contributed by atoms with E-state index in [2.05, 4.69) is 11.0 Å². The minimum atomic E-state index is -0.522. The summed E-state index contributed by atoms with van der Waals surface area (Å²) in [6.07, 6.45) is -0.522. The first-order chi connectivity index (χ1) is 15.2. The number of hydrogen-bond donors (Lipinski definition) is 0. The third-order valence-electron chi connectivity index (χ3n) is 5.93. The number of rotatable bonds is 5. The molecule has 31 heavy (non-hydrogen) atoms. The van der Waals surface area contributed by atoms with Gasteiger partial charge in [0, 0.05) is 38.1 Å². The number of nitrogens with zero attached hydrogens (tertiary/aromatic N) is 2. The van der Waals surface area contributed by atoms with Crippen molar-refractivity contribution in [1.82, 2.24) is 9.80 Å². The van der Waals surface area contributed by atoms with Gasteiger partial charge in [-0.15, -0.1) is 0 Å². The van der Waals surface area contributed by atoms with Gasteiger partial charge in [-0.05, 0) is 36.1 Å². The lowest BCUT2D eigenvalue weighted by molar-refractivity contribution is -0.139. The molecule has 1 saturated heterocycles. The van der Waals surface area contributed by atoms with Crippen LogP contribution in [0.25, 0.3) is 10.8 Å². The molecule has 3 aromatic carbocycles. The molecule has 1 fully saturated rings. The standard InChI is InChI=1S/C25H26N2O4/c1-18(31-22-8-4-6-20-5-2-3-7-21(20)22)25(28)27-13-11-26(12-14-27)16-19-9-10-23-24(15-19)30-17-29-23/h2-10,15,18H,11-14,16-17H2,1H3/t18-/m0/s1. The van der Waals surface area contributed by atoms with Gasteiger partial charge in [-0.3, -0.25) is 9.69 Å². The van der Waals surface area contributed by atoms with Gasteiger partial charge in [-0.25, -0.2) is 0 Å². The minimum absolute atomic E-state index is 0.0377. The van der Waals surface area contributed by atoms with E-state index in [1.54, 1.807) is 0 Å². The summed E-state index contributed by atoms with van der Waals surface area (Å²) < 4.78 is 16.9. The summed E-state index contributed by atoms with van der Waals surface area (Å²) >= 11 is 0. The monoisotopic (exact) mass is 418 g/mol. The fourth-order valence-corrected chi connectivity index (χ4v) is 4.22. The van der Waals surface area contributed by atoms with Crippen molar-refractivity contribution in [3.8, 4) is 17.2 Å². The summed E-state index contributed by atoms with van der Waals surface area (Å²) in [5.41, 5.74) is 1.19. The minimum Gasteiger partial charge on any atom is -0.480 e. The molecule has 0 radical (unpaired) electrons. The zero-order valence-corrected chi connectivity index (χ0v) is 17.6. The zero-order valence-electron chi connectivity index (χ0n) is 17.6. The second kappa shape index (κ2) is 8.47. The van der Waals surface area contributed by atoms with Crippen molar-refractivity contribution in [3.05, 3.63) is 66.2 Å². The van der Waals surface area contributed by atoms with Crippen molar-refractivity contribution in [3.63, 3.8) is 0 Å². The van der Waals surface area contributed by atoms with Gasteiger partial charge in [0.25, 0.3) is 5.91 Å². The molecule has 0 aliphatic carbocycles. The summed E-state index contributed by atoms with van der Waals surface area (Å²) in [7, 11) is 0. The fourth-order valence-electron chi connectivity index (χ4n) is 4.22. The normalized spacial score (nSPS) is 17.0. The van der Waals surface area contributed by atoms with Crippen LogP contribution in [0, 0.1) is 0 Å². The molecule has 6 heteroatoms. The summed E-state index contributed by atoms with van der Waals surface area (Å²) in [5.74, 6) is 2.40. The Morgan fingerprint density at radius 2 is 1.74 bits per heavy atom. The number of carbonyl (C=O) groups excluding carboxylic acids is 1. The maximum atomic E-state index is 13.0. The lowest BCUT2D eigenvalue weighted by Crippen LogP contribution is -2.51. The zero-order chi connectivity index (χ0) is 21.2. The van der Waals surface area contributed by atoms with Crippen LogP contribution in [0.5, 0.6) is 17.2 Å². The van der Waals surface area contributed by atoms with Gasteiger partial charge in [0.15, 0.2) is 17.6 Å². The summed E-state index contributed by atoms with van der Waals surface area (Å²) in [6, 6.07) is 20.1. The van der Waals surface area contributed by atoms with E-state index in [0.29, 0.717) is 19.9 Å². The Kier molecular flexibility index (Phi) is 5.38. The average Bonchev–Trinajstić information content (AvgIpc) is 3.27. The molecule has 1 amide bonds. The number of ether oxygens (including phenoxy) is 3. The van der Waals surface area contributed by atoms with Gasteiger partial charge in [-0.1, -0.05) is 42.5 Å². The predicted molar refractivity (Wildman–Crippen MR) is 118 cm³/mol. The highest BCUT2D eigenvalue weighted by molar-refractivity contribution is 5.89. The number of hydrogen-bond acceptors (Lipinski definition) is 5. The molecule has 6 nitrogen and oxygen atoms in total. The number of piperazine rings is 1. The van der Waals surface area contributed by atoms with Crippen LogP contribution < -0.4 is 14.2 Å². The maximum Gasteiger partial charge on any atom is 0.263 e. The lowest BCUT2D eigenvalue weighted by Gasteiger charge is -2.36. The Bertz CT molecular complexity index is 1090. The van der Waals surface area contributed by atoms with Crippen LogP contribution >= 0.6 is 0 Å². The van der Waals surface area contributed by atoms with Crippen molar-refractivity contribution >= 4 is 16.7 Å². The van der Waals surface area contributed by atoms with E-state index in [0.717, 1.165) is 47.7 Å². The Morgan fingerprint density at radius 1 is 0.968 bits per heavy atom. The molecule has 0 saturated carbocycles. The molecule has 0 bridgehead atoms. The van der Waals surface area contributed by atoms with Gasteiger partial charge >= 0.3 is 0 Å². The topological polar surface area (TPSA) is 51.2 Å². The SMILES string of the molecule is C[C@H](Oc1cccc2ccccc12)C(=O)N1CCN(Cc2ccc3c(c2)OCO3)CC1. The second-order valence-corrected chi connectivity index (χ2v) is 8.03. The molecular weight excluding hydrogens is 392 g/mol. The molecule has 2 heterocycles. The largest absolute Gasteiger partial charge is 0.480 e. The first kappa shape index (κ1) is 19.7. The highest BCUT2D eigenvalue weighted by atomic mass is 16.7. The molecule has 0 aromatic heterocycles. The third kappa shape index (κ3) is 4.16. The van der Waals surface area contributed by atoms with Crippen LogP contribution in [0.1, 0.15) is 12.5 Å². The quantitative estimate of drug-likeness (QED) is 0.633. The highest BCUT2D eigenvalue weighted by Gasteiger charge is 2.26. The third-order valence-corrected chi connectivity index (χ3v) is 5.93. The summed E-state index contributed by atoms with van der Waals surface area (Å²) in [5, 5.41) is 2.13. The Morgan fingerprint density at radius 3 is 2.61 bits per heavy atom. The van der Waals surface area contributed by atoms with Crippen molar-refractivity contribution in [1.29, 1.82) is 0 Å². The van der Waals surface area contributed by atoms with E-state index >= 15 is 0 Å². The molecule has 0 unspecified atom stereocenters. The number of amides is 1. The Balaban J connectivity index is 1.17. The van der Waals surface area contributed by atoms with Crippen molar-refractivity contribution in [2.75, 3.05) is 33.0 Å². The van der Waals surface area contributed by atoms with E-state index in [9.17, 15) is 4.79 Å². The molecule has 2 aliphatic heterocycles. The van der Waals surface area contributed by atoms with Crippen molar-refractivity contribution in [2.24, 2.45) is 0 Å². The van der Waals surface area contributed by atoms with Crippen LogP contribution in [0.15, 0.2) is 60.7 Å². The molecule has 3 aromatic rings. The molecular formula is C25H26N2O4. The van der Waals surface area contributed by atoms with E-state index in [1.165, 1.54) is 5.56 Å². The first-order valence-electron chi connectivity index (χ1n) is 10.7. The maximum absolute atomic E-state index is 13.0. The smallest absolute Gasteiger partial charge is 0.263 e. The van der Waals surface area contributed by atoms with Crippen molar-refractivity contribution < 1.29 is 19.0 Å². The highest BCUT2D eigenvalue weighted by Crippen LogP contribution is 2.33. The molecule has 0 N–H and O–H groups in total. The van der Waals surface area contributed by atoms with Crippen LogP contribution in [0.3, 0.4) is 0 Å². The molecule has 5 rings (SSSR count). The second-order valence-electron chi connectivity index (χ2n) is 8.03. The molecule has 0 spiro atoms. The fraction of sp³-hybridized carbons (Fsp3) is 0.320. The van der Waals surface area contributed by atoms with Gasteiger partial charge in [0.05, 0.1) is 0 Å². The van der Waals surface area contributed by atoms with Crippen LogP contribution in [0.2, 0.25) is 0 Å². The van der Waals surface area contributed by atoms with Gasteiger partial charge in [0.2, 0.25) is 6.79 Å². The molecule has 160 valence electrons. The van der Waals surface area contributed by atoms with E-state index < -0.39 is 6.10 Å². The lowest BCUT2D eigenvalue weighted by atomic mass is 10.1. The predicted octanol–water partition coefficient (Wildman–Crippen LogP) is 3.68. The van der Waals surface area contributed by atoms with Gasteiger partial charge in [0.1, 0.15) is 5.75 Å². The van der Waals surface area contributed by atoms with Gasteiger partial charge in [-0.2, -0.15) is 0 Å². The molecule has 2 aliphatic rings. The Hall–Kier alpha value is -3.25. The summed E-state index contributed by atoms with van der Waals surface area (Å²) in [4.78, 5) is 17.3. The molecule has 1 atom stereocenters. The van der Waals surface area contributed by atoms with Crippen LogP contribution in [-0.4, -0.2) is 54.8 Å². The van der Waals surface area contributed by atoms with E-state index in [4.69, 9.17) is 14.2 Å². The number of benzene rings is 3. The van der Waals surface area contributed by atoms with E-state index in [-0.39, 0.29) is 5.91 Å². The van der Waals surface area contributed by atoms with Crippen LogP contribution in [0.4, 0.5) is 0 Å². The van der Waals surface area contributed by atoms with E-state index in [1.807, 2.05) is 66.4 Å². The first-order valence-corrected chi connectivity index (χ1v) is 10.7. The van der Waals surface area contributed by atoms with Crippen molar-refractivity contribution in [2.45, 2.75) is 19.6 Å². The average molecular weight is 418 g/mol. The summed E-state index contributed by atoms with van der Waals surface area (Å²) in [6.45, 7) is 6.03. The van der Waals surface area contributed by atoms with Gasteiger partial charge < -0.3 is 19.1 Å². The number of carbonyl (C=O) groups is 1. The number of fused-ring (bicyclic) bond motifs is 2. The Labute approximate surface area is 181 Å². The van der Waals surface area contributed by atoms with Crippen LogP contribution in [-0.2, 0) is 11.3 Å².